The van der Waals surface area contributed by atoms with Crippen LogP contribution in [0.15, 0.2) is 18.2 Å². The molecule has 1 aromatic carbocycles. The van der Waals surface area contributed by atoms with Crippen molar-refractivity contribution in [1.29, 1.82) is 0 Å². The van der Waals surface area contributed by atoms with Gasteiger partial charge in [0, 0.05) is 11.7 Å². The number of aryl methyl sites for hydroxylation is 1. The van der Waals surface area contributed by atoms with E-state index in [-0.39, 0.29) is 5.82 Å². The molecule has 1 fully saturated rings. The number of hydrogen-bond acceptors (Lipinski definition) is 1. The van der Waals surface area contributed by atoms with Crippen molar-refractivity contribution in [1.82, 2.24) is 0 Å². The molecule has 0 aromatic heterocycles. The Morgan fingerprint density at radius 1 is 1.33 bits per heavy atom. The zero-order valence-electron chi connectivity index (χ0n) is 9.39. The molecule has 15 heavy (non-hydrogen) atoms. The van der Waals surface area contributed by atoms with Gasteiger partial charge in [0.25, 0.3) is 0 Å². The lowest BCUT2D eigenvalue weighted by molar-refractivity contribution is 0.602. The van der Waals surface area contributed by atoms with Gasteiger partial charge in [0.05, 0.1) is 0 Å². The molecule has 2 heteroatoms. The number of benzene rings is 1. The first-order valence-electron chi connectivity index (χ1n) is 5.68. The van der Waals surface area contributed by atoms with E-state index in [4.69, 9.17) is 0 Å². The Kier molecular flexibility index (Phi) is 2.94. The van der Waals surface area contributed by atoms with Crippen molar-refractivity contribution in [2.75, 3.05) is 5.32 Å². The highest BCUT2D eigenvalue weighted by molar-refractivity contribution is 5.51. The predicted octanol–water partition coefficient (Wildman–Crippen LogP) is 3.73. The molecule has 0 radical (unpaired) electrons. The van der Waals surface area contributed by atoms with Gasteiger partial charge in [-0.15, -0.1) is 0 Å². The van der Waals surface area contributed by atoms with Crippen LogP contribution in [-0.2, 0) is 0 Å². The quantitative estimate of drug-likeness (QED) is 0.779. The van der Waals surface area contributed by atoms with Crippen molar-refractivity contribution >= 4 is 5.69 Å². The third kappa shape index (κ3) is 2.49. The summed E-state index contributed by atoms with van der Waals surface area (Å²) >= 11 is 0. The smallest absolute Gasteiger partial charge is 0.125 e. The van der Waals surface area contributed by atoms with Gasteiger partial charge < -0.3 is 5.32 Å². The molecule has 0 bridgehead atoms. The van der Waals surface area contributed by atoms with Gasteiger partial charge in [0.2, 0.25) is 0 Å². The van der Waals surface area contributed by atoms with Crippen molar-refractivity contribution in [3.8, 4) is 0 Å². The standard InChI is InChI=1S/C13H18FN/c1-9-3-6-12(7-9)15-13-8-11(14)5-4-10(13)2/h4-5,8-9,12,15H,3,6-7H2,1-2H3. The summed E-state index contributed by atoms with van der Waals surface area (Å²) < 4.78 is 13.1. The molecule has 1 saturated carbocycles. The monoisotopic (exact) mass is 207 g/mol. The van der Waals surface area contributed by atoms with Gasteiger partial charge in [0.1, 0.15) is 5.82 Å². The van der Waals surface area contributed by atoms with E-state index in [2.05, 4.69) is 12.2 Å². The Morgan fingerprint density at radius 2 is 2.13 bits per heavy atom. The summed E-state index contributed by atoms with van der Waals surface area (Å²) in [7, 11) is 0. The van der Waals surface area contributed by atoms with Gasteiger partial charge in [-0.1, -0.05) is 13.0 Å². The average molecular weight is 207 g/mol. The van der Waals surface area contributed by atoms with E-state index in [1.54, 1.807) is 6.07 Å². The highest BCUT2D eigenvalue weighted by atomic mass is 19.1. The van der Waals surface area contributed by atoms with Crippen LogP contribution in [0.25, 0.3) is 0 Å². The average Bonchev–Trinajstić information content (AvgIpc) is 2.58. The Bertz CT molecular complexity index is 348. The minimum absolute atomic E-state index is 0.158. The predicted molar refractivity (Wildman–Crippen MR) is 61.6 cm³/mol. The molecule has 1 N–H and O–H groups in total. The van der Waals surface area contributed by atoms with Crippen LogP contribution in [0, 0.1) is 18.7 Å². The largest absolute Gasteiger partial charge is 0.382 e. The fourth-order valence-corrected chi connectivity index (χ4v) is 2.31. The van der Waals surface area contributed by atoms with E-state index in [1.807, 2.05) is 13.0 Å². The minimum atomic E-state index is -0.158. The van der Waals surface area contributed by atoms with Crippen molar-refractivity contribution < 1.29 is 4.39 Å². The molecular formula is C13H18FN. The second-order valence-corrected chi connectivity index (χ2v) is 4.72. The summed E-state index contributed by atoms with van der Waals surface area (Å²) in [6, 6.07) is 5.46. The van der Waals surface area contributed by atoms with Gasteiger partial charge in [0.15, 0.2) is 0 Å². The van der Waals surface area contributed by atoms with E-state index >= 15 is 0 Å². The topological polar surface area (TPSA) is 12.0 Å². The highest BCUT2D eigenvalue weighted by Crippen LogP contribution is 2.28. The van der Waals surface area contributed by atoms with Crippen molar-refractivity contribution in [2.45, 2.75) is 39.2 Å². The summed E-state index contributed by atoms with van der Waals surface area (Å²) in [6.45, 7) is 4.29. The maximum absolute atomic E-state index is 13.1. The van der Waals surface area contributed by atoms with Crippen molar-refractivity contribution in [3.63, 3.8) is 0 Å². The summed E-state index contributed by atoms with van der Waals surface area (Å²) in [5.41, 5.74) is 2.07. The van der Waals surface area contributed by atoms with Crippen LogP contribution in [0.3, 0.4) is 0 Å². The Balaban J connectivity index is 2.07. The van der Waals surface area contributed by atoms with Crippen LogP contribution >= 0.6 is 0 Å². The zero-order chi connectivity index (χ0) is 10.8. The highest BCUT2D eigenvalue weighted by Gasteiger charge is 2.21. The number of halogens is 1. The van der Waals surface area contributed by atoms with E-state index in [1.165, 1.54) is 25.3 Å². The van der Waals surface area contributed by atoms with Crippen LogP contribution in [0.2, 0.25) is 0 Å². The van der Waals surface area contributed by atoms with E-state index in [9.17, 15) is 4.39 Å². The lowest BCUT2D eigenvalue weighted by Crippen LogP contribution is -2.16. The van der Waals surface area contributed by atoms with Crippen molar-refractivity contribution in [3.05, 3.63) is 29.6 Å². The van der Waals surface area contributed by atoms with E-state index < -0.39 is 0 Å². The van der Waals surface area contributed by atoms with E-state index in [0.29, 0.717) is 6.04 Å². The molecule has 0 heterocycles. The zero-order valence-corrected chi connectivity index (χ0v) is 9.39. The van der Waals surface area contributed by atoms with Crippen LogP contribution in [0.1, 0.15) is 31.7 Å². The van der Waals surface area contributed by atoms with Gasteiger partial charge in [-0.3, -0.25) is 0 Å². The lowest BCUT2D eigenvalue weighted by atomic mass is 10.1. The van der Waals surface area contributed by atoms with Gasteiger partial charge in [-0.25, -0.2) is 4.39 Å². The van der Waals surface area contributed by atoms with Crippen LogP contribution in [-0.4, -0.2) is 6.04 Å². The van der Waals surface area contributed by atoms with Gasteiger partial charge in [-0.2, -0.15) is 0 Å². The second kappa shape index (κ2) is 4.21. The molecule has 0 saturated heterocycles. The van der Waals surface area contributed by atoms with Gasteiger partial charge in [-0.05, 0) is 49.8 Å². The SMILES string of the molecule is Cc1ccc(F)cc1NC1CCC(C)C1. The molecule has 1 nitrogen and oxygen atoms in total. The first kappa shape index (κ1) is 10.5. The normalized spacial score (nSPS) is 25.5. The summed E-state index contributed by atoms with van der Waals surface area (Å²) in [6.07, 6.45) is 3.69. The number of nitrogens with one attached hydrogen (secondary N) is 1. The van der Waals surface area contributed by atoms with Crippen molar-refractivity contribution in [2.24, 2.45) is 5.92 Å². The number of anilines is 1. The molecule has 0 spiro atoms. The first-order valence-corrected chi connectivity index (χ1v) is 5.68. The maximum atomic E-state index is 13.1. The molecular weight excluding hydrogens is 189 g/mol. The van der Waals surface area contributed by atoms with Crippen LogP contribution in [0.4, 0.5) is 10.1 Å². The second-order valence-electron chi connectivity index (χ2n) is 4.72. The Hall–Kier alpha value is -1.05. The third-order valence-electron chi connectivity index (χ3n) is 3.25. The first-order chi connectivity index (χ1) is 7.15. The lowest BCUT2D eigenvalue weighted by Gasteiger charge is -2.16. The molecule has 2 atom stereocenters. The summed E-state index contributed by atoms with van der Waals surface area (Å²) in [4.78, 5) is 0. The fraction of sp³-hybridized carbons (Fsp3) is 0.538. The molecule has 0 amide bonds. The summed E-state index contributed by atoms with van der Waals surface area (Å²) in [5, 5.41) is 3.44. The van der Waals surface area contributed by atoms with Crippen LogP contribution in [0.5, 0.6) is 0 Å². The van der Waals surface area contributed by atoms with Crippen LogP contribution < -0.4 is 5.32 Å². The minimum Gasteiger partial charge on any atom is -0.382 e. The Labute approximate surface area is 90.7 Å². The molecule has 1 aliphatic rings. The van der Waals surface area contributed by atoms with Gasteiger partial charge >= 0.3 is 0 Å². The molecule has 0 aliphatic heterocycles. The maximum Gasteiger partial charge on any atom is 0.125 e. The molecule has 82 valence electrons. The third-order valence-corrected chi connectivity index (χ3v) is 3.25. The number of rotatable bonds is 2. The molecule has 2 unspecified atom stereocenters. The molecule has 1 aromatic rings. The molecule has 2 rings (SSSR count). The summed E-state index contributed by atoms with van der Waals surface area (Å²) in [5.74, 6) is 0.644. The number of hydrogen-bond donors (Lipinski definition) is 1. The fourth-order valence-electron chi connectivity index (χ4n) is 2.31. The Morgan fingerprint density at radius 3 is 2.80 bits per heavy atom. The van der Waals surface area contributed by atoms with E-state index in [0.717, 1.165) is 17.2 Å². The molecule has 1 aliphatic carbocycles.